The Morgan fingerprint density at radius 1 is 1.35 bits per heavy atom. The van der Waals surface area contributed by atoms with Crippen molar-refractivity contribution in [1.82, 2.24) is 5.32 Å². The van der Waals surface area contributed by atoms with Crippen molar-refractivity contribution in [2.45, 2.75) is 45.1 Å². The normalized spacial score (nSPS) is 28.5. The van der Waals surface area contributed by atoms with Gasteiger partial charge in [0.15, 0.2) is 0 Å². The lowest BCUT2D eigenvalue weighted by atomic mass is 9.69. The molecule has 0 radical (unpaired) electrons. The van der Waals surface area contributed by atoms with E-state index in [1.807, 2.05) is 6.07 Å². The van der Waals surface area contributed by atoms with E-state index in [2.05, 4.69) is 50.4 Å². The smallest absolute Gasteiger partial charge is 0.221 e. The largest absolute Gasteiger partial charge is 0.353 e. The van der Waals surface area contributed by atoms with Crippen molar-refractivity contribution in [3.63, 3.8) is 0 Å². The second-order valence-corrected chi connectivity index (χ2v) is 5.59. The first-order valence-electron chi connectivity index (χ1n) is 6.39. The van der Waals surface area contributed by atoms with Crippen LogP contribution in [-0.2, 0) is 10.2 Å². The highest BCUT2D eigenvalue weighted by atomic mass is 16.2. The standard InChI is InChI=1S/C15H21NO/c1-11(2)9-15(10-14(17)16-12(15)3)13-7-5-4-6-8-13/h4-8,11-12H,9-10H2,1-3H3,(H,16,17). The molecule has 1 aliphatic heterocycles. The molecular weight excluding hydrogens is 210 g/mol. The molecule has 2 rings (SSSR count). The van der Waals surface area contributed by atoms with E-state index in [0.717, 1.165) is 6.42 Å². The predicted molar refractivity (Wildman–Crippen MR) is 69.8 cm³/mol. The molecule has 2 nitrogen and oxygen atoms in total. The topological polar surface area (TPSA) is 29.1 Å². The van der Waals surface area contributed by atoms with Gasteiger partial charge in [0, 0.05) is 17.9 Å². The second kappa shape index (κ2) is 4.52. The maximum atomic E-state index is 11.7. The molecule has 0 spiro atoms. The van der Waals surface area contributed by atoms with E-state index in [9.17, 15) is 4.79 Å². The van der Waals surface area contributed by atoms with Gasteiger partial charge in [-0.15, -0.1) is 0 Å². The van der Waals surface area contributed by atoms with Crippen LogP contribution in [-0.4, -0.2) is 11.9 Å². The Bertz CT molecular complexity index is 399. The van der Waals surface area contributed by atoms with E-state index in [1.54, 1.807) is 0 Å². The highest BCUT2D eigenvalue weighted by Crippen LogP contribution is 2.41. The Hall–Kier alpha value is -1.31. The van der Waals surface area contributed by atoms with Crippen molar-refractivity contribution < 1.29 is 4.79 Å². The van der Waals surface area contributed by atoms with Crippen LogP contribution in [0.3, 0.4) is 0 Å². The molecule has 0 aromatic heterocycles. The fraction of sp³-hybridized carbons (Fsp3) is 0.533. The van der Waals surface area contributed by atoms with Crippen molar-refractivity contribution >= 4 is 5.91 Å². The number of carbonyl (C=O) groups is 1. The first-order chi connectivity index (χ1) is 8.04. The average Bonchev–Trinajstić information content (AvgIpc) is 2.55. The van der Waals surface area contributed by atoms with Gasteiger partial charge in [-0.1, -0.05) is 44.2 Å². The number of amides is 1. The van der Waals surface area contributed by atoms with Gasteiger partial charge >= 0.3 is 0 Å². The Morgan fingerprint density at radius 2 is 2.00 bits per heavy atom. The van der Waals surface area contributed by atoms with Crippen LogP contribution in [0.4, 0.5) is 0 Å². The van der Waals surface area contributed by atoms with Gasteiger partial charge in [0.1, 0.15) is 0 Å². The minimum absolute atomic E-state index is 0.0213. The zero-order valence-corrected chi connectivity index (χ0v) is 10.9. The minimum Gasteiger partial charge on any atom is -0.353 e. The molecule has 0 aliphatic carbocycles. The Labute approximate surface area is 103 Å². The summed E-state index contributed by atoms with van der Waals surface area (Å²) in [6.45, 7) is 6.57. The number of hydrogen-bond acceptors (Lipinski definition) is 1. The summed E-state index contributed by atoms with van der Waals surface area (Å²) in [6, 6.07) is 10.7. The lowest BCUT2D eigenvalue weighted by molar-refractivity contribution is -0.119. The molecule has 0 saturated carbocycles. The van der Waals surface area contributed by atoms with E-state index in [0.29, 0.717) is 12.3 Å². The molecule has 1 aromatic carbocycles. The monoisotopic (exact) mass is 231 g/mol. The Balaban J connectivity index is 2.41. The molecule has 1 N–H and O–H groups in total. The van der Waals surface area contributed by atoms with Gasteiger partial charge in [0.25, 0.3) is 0 Å². The number of hydrogen-bond donors (Lipinski definition) is 1. The quantitative estimate of drug-likeness (QED) is 0.851. The molecule has 1 aliphatic rings. The lowest BCUT2D eigenvalue weighted by Gasteiger charge is -2.34. The van der Waals surface area contributed by atoms with Crippen LogP contribution in [0.15, 0.2) is 30.3 Å². The first kappa shape index (κ1) is 12.2. The summed E-state index contributed by atoms with van der Waals surface area (Å²) in [5.41, 5.74) is 1.27. The lowest BCUT2D eigenvalue weighted by Crippen LogP contribution is -2.39. The number of carbonyl (C=O) groups excluding carboxylic acids is 1. The van der Waals surface area contributed by atoms with Gasteiger partial charge in [-0.05, 0) is 24.8 Å². The van der Waals surface area contributed by atoms with Crippen molar-refractivity contribution in [1.29, 1.82) is 0 Å². The summed E-state index contributed by atoms with van der Waals surface area (Å²) in [7, 11) is 0. The summed E-state index contributed by atoms with van der Waals surface area (Å²) in [5, 5.41) is 3.07. The maximum absolute atomic E-state index is 11.7. The molecule has 1 amide bonds. The highest BCUT2D eigenvalue weighted by Gasteiger charge is 2.45. The molecule has 17 heavy (non-hydrogen) atoms. The average molecular weight is 231 g/mol. The number of nitrogens with one attached hydrogen (secondary N) is 1. The van der Waals surface area contributed by atoms with Gasteiger partial charge in [-0.2, -0.15) is 0 Å². The van der Waals surface area contributed by atoms with E-state index >= 15 is 0 Å². The van der Waals surface area contributed by atoms with Crippen LogP contribution in [0.5, 0.6) is 0 Å². The molecule has 0 bridgehead atoms. The van der Waals surface area contributed by atoms with Gasteiger partial charge in [0.05, 0.1) is 0 Å². The van der Waals surface area contributed by atoms with Crippen LogP contribution in [0.2, 0.25) is 0 Å². The second-order valence-electron chi connectivity index (χ2n) is 5.59. The molecule has 92 valence electrons. The third-order valence-corrected chi connectivity index (χ3v) is 3.80. The zero-order valence-electron chi connectivity index (χ0n) is 10.9. The van der Waals surface area contributed by atoms with E-state index < -0.39 is 0 Å². The molecule has 2 atom stereocenters. The summed E-state index contributed by atoms with van der Waals surface area (Å²) in [6.07, 6.45) is 1.67. The van der Waals surface area contributed by atoms with Crippen molar-refractivity contribution in [3.05, 3.63) is 35.9 Å². The third kappa shape index (κ3) is 2.21. The molecular formula is C15H21NO. The fourth-order valence-corrected chi connectivity index (χ4v) is 3.09. The van der Waals surface area contributed by atoms with Crippen LogP contribution in [0.1, 0.15) is 39.2 Å². The van der Waals surface area contributed by atoms with Crippen molar-refractivity contribution in [2.24, 2.45) is 5.92 Å². The Kier molecular flexibility index (Phi) is 3.23. The van der Waals surface area contributed by atoms with Crippen molar-refractivity contribution in [3.8, 4) is 0 Å². The van der Waals surface area contributed by atoms with Crippen LogP contribution in [0, 0.1) is 5.92 Å². The highest BCUT2D eigenvalue weighted by molar-refractivity contribution is 5.81. The fourth-order valence-electron chi connectivity index (χ4n) is 3.09. The van der Waals surface area contributed by atoms with Gasteiger partial charge in [0.2, 0.25) is 5.91 Å². The predicted octanol–water partition coefficient (Wildman–Crippen LogP) is 2.88. The zero-order chi connectivity index (χ0) is 12.5. The van der Waals surface area contributed by atoms with Crippen LogP contribution >= 0.6 is 0 Å². The van der Waals surface area contributed by atoms with Crippen molar-refractivity contribution in [2.75, 3.05) is 0 Å². The first-order valence-corrected chi connectivity index (χ1v) is 6.39. The molecule has 1 saturated heterocycles. The minimum atomic E-state index is -0.0213. The molecule has 2 unspecified atom stereocenters. The SMILES string of the molecule is CC(C)CC1(c2ccccc2)CC(=O)NC1C. The summed E-state index contributed by atoms with van der Waals surface area (Å²) in [5.74, 6) is 0.771. The summed E-state index contributed by atoms with van der Waals surface area (Å²) < 4.78 is 0. The molecule has 1 heterocycles. The van der Waals surface area contributed by atoms with Crippen LogP contribution < -0.4 is 5.32 Å². The molecule has 1 aromatic rings. The van der Waals surface area contributed by atoms with Gasteiger partial charge < -0.3 is 5.32 Å². The maximum Gasteiger partial charge on any atom is 0.221 e. The van der Waals surface area contributed by atoms with E-state index in [-0.39, 0.29) is 17.4 Å². The number of rotatable bonds is 3. The molecule has 1 fully saturated rings. The molecule has 2 heteroatoms. The third-order valence-electron chi connectivity index (χ3n) is 3.80. The number of benzene rings is 1. The van der Waals surface area contributed by atoms with E-state index in [1.165, 1.54) is 5.56 Å². The van der Waals surface area contributed by atoms with E-state index in [4.69, 9.17) is 0 Å². The van der Waals surface area contributed by atoms with Gasteiger partial charge in [-0.3, -0.25) is 4.79 Å². The van der Waals surface area contributed by atoms with Crippen LogP contribution in [0.25, 0.3) is 0 Å². The summed E-state index contributed by atoms with van der Waals surface area (Å²) in [4.78, 5) is 11.7. The van der Waals surface area contributed by atoms with Gasteiger partial charge in [-0.25, -0.2) is 0 Å². The summed E-state index contributed by atoms with van der Waals surface area (Å²) >= 11 is 0. The Morgan fingerprint density at radius 3 is 2.47 bits per heavy atom.